The average Bonchev–Trinajstić information content (AvgIpc) is 2.64. The highest BCUT2D eigenvalue weighted by Gasteiger charge is 2.08. The van der Waals surface area contributed by atoms with Crippen molar-refractivity contribution in [3.8, 4) is 17.2 Å². The molecule has 3 rings (SSSR count). The Labute approximate surface area is 150 Å². The second kappa shape index (κ2) is 7.68. The number of para-hydroxylation sites is 2. The van der Waals surface area contributed by atoms with Crippen molar-refractivity contribution in [3.63, 3.8) is 0 Å². The summed E-state index contributed by atoms with van der Waals surface area (Å²) in [4.78, 5) is 16.0. The van der Waals surface area contributed by atoms with Crippen molar-refractivity contribution in [1.82, 2.24) is 4.98 Å². The van der Waals surface area contributed by atoms with E-state index in [1.807, 2.05) is 24.3 Å². The number of nitrogens with zero attached hydrogens (tertiary/aromatic N) is 1. The Kier molecular flexibility index (Phi) is 5.16. The number of pyridine rings is 1. The summed E-state index contributed by atoms with van der Waals surface area (Å²) in [6.07, 6.45) is 1.43. The third kappa shape index (κ3) is 4.28. The Hall–Kier alpha value is -3.05. The number of ether oxygens (including phenoxy) is 2. The number of benzene rings is 2. The van der Waals surface area contributed by atoms with E-state index in [1.54, 1.807) is 43.5 Å². The molecule has 126 valence electrons. The van der Waals surface area contributed by atoms with Crippen molar-refractivity contribution in [3.05, 3.63) is 77.6 Å². The summed E-state index contributed by atoms with van der Waals surface area (Å²) in [5.74, 6) is 1.64. The molecule has 2 aromatic carbocycles. The van der Waals surface area contributed by atoms with Crippen LogP contribution in [0, 0.1) is 0 Å². The number of halogens is 1. The fraction of sp³-hybridized carbons (Fsp3) is 0.0526. The first-order chi connectivity index (χ1) is 12.2. The van der Waals surface area contributed by atoms with E-state index in [1.165, 1.54) is 6.20 Å². The Morgan fingerprint density at radius 2 is 1.72 bits per heavy atom. The number of rotatable bonds is 5. The second-order valence-electron chi connectivity index (χ2n) is 5.10. The molecule has 0 aliphatic rings. The van der Waals surface area contributed by atoms with E-state index in [9.17, 15) is 4.79 Å². The van der Waals surface area contributed by atoms with Crippen LogP contribution in [0.4, 0.5) is 5.69 Å². The van der Waals surface area contributed by atoms with E-state index in [0.29, 0.717) is 33.7 Å². The van der Waals surface area contributed by atoms with Crippen LogP contribution >= 0.6 is 11.6 Å². The van der Waals surface area contributed by atoms with Gasteiger partial charge in [-0.2, -0.15) is 0 Å². The van der Waals surface area contributed by atoms with Gasteiger partial charge in [-0.25, -0.2) is 4.98 Å². The smallest absolute Gasteiger partial charge is 0.257 e. The van der Waals surface area contributed by atoms with Gasteiger partial charge in [0.25, 0.3) is 5.91 Å². The van der Waals surface area contributed by atoms with Crippen molar-refractivity contribution >= 4 is 23.2 Å². The monoisotopic (exact) mass is 354 g/mol. The summed E-state index contributed by atoms with van der Waals surface area (Å²) < 4.78 is 11.0. The molecule has 1 aromatic heterocycles. The number of carbonyl (C=O) groups excluding carboxylic acids is 1. The van der Waals surface area contributed by atoms with Crippen LogP contribution in [0.25, 0.3) is 0 Å². The van der Waals surface area contributed by atoms with Crippen LogP contribution in [0.15, 0.2) is 66.9 Å². The molecule has 6 heteroatoms. The molecule has 1 amide bonds. The Morgan fingerprint density at radius 1 is 1.00 bits per heavy atom. The molecule has 3 aromatic rings. The van der Waals surface area contributed by atoms with Crippen LogP contribution in [0.2, 0.25) is 5.15 Å². The van der Waals surface area contributed by atoms with Gasteiger partial charge in [-0.05, 0) is 48.5 Å². The number of hydrogen-bond donors (Lipinski definition) is 1. The minimum Gasteiger partial charge on any atom is -0.493 e. The summed E-state index contributed by atoms with van der Waals surface area (Å²) in [6, 6.07) is 17.6. The lowest BCUT2D eigenvalue weighted by molar-refractivity contribution is 0.102. The minimum atomic E-state index is -0.262. The highest BCUT2D eigenvalue weighted by Crippen LogP contribution is 2.31. The zero-order valence-electron chi connectivity index (χ0n) is 13.4. The maximum Gasteiger partial charge on any atom is 0.257 e. The largest absolute Gasteiger partial charge is 0.493 e. The predicted molar refractivity (Wildman–Crippen MR) is 96.7 cm³/mol. The zero-order chi connectivity index (χ0) is 17.6. The number of anilines is 1. The number of methoxy groups -OCH3 is 1. The predicted octanol–water partition coefficient (Wildman–Crippen LogP) is 4.79. The SMILES string of the molecule is COc1ccccc1Oc1ccc(NC(=O)c2ccc(Cl)nc2)cc1. The molecular formula is C19H15ClN2O3. The van der Waals surface area contributed by atoms with Crippen LogP contribution in [0.5, 0.6) is 17.2 Å². The Balaban J connectivity index is 1.68. The summed E-state index contributed by atoms with van der Waals surface area (Å²) in [6.45, 7) is 0. The van der Waals surface area contributed by atoms with Crippen LogP contribution in [-0.4, -0.2) is 18.0 Å². The number of carbonyl (C=O) groups is 1. The zero-order valence-corrected chi connectivity index (χ0v) is 14.2. The number of amides is 1. The molecule has 0 saturated heterocycles. The first-order valence-corrected chi connectivity index (χ1v) is 7.87. The third-order valence-electron chi connectivity index (χ3n) is 3.40. The van der Waals surface area contributed by atoms with Crippen molar-refractivity contribution in [2.24, 2.45) is 0 Å². The molecule has 0 spiro atoms. The first-order valence-electron chi connectivity index (χ1n) is 7.49. The number of nitrogens with one attached hydrogen (secondary N) is 1. The van der Waals surface area contributed by atoms with E-state index >= 15 is 0 Å². The molecule has 0 radical (unpaired) electrons. The van der Waals surface area contributed by atoms with Gasteiger partial charge in [-0.3, -0.25) is 4.79 Å². The van der Waals surface area contributed by atoms with Gasteiger partial charge in [0.05, 0.1) is 12.7 Å². The third-order valence-corrected chi connectivity index (χ3v) is 3.62. The molecule has 0 bridgehead atoms. The normalized spacial score (nSPS) is 10.2. The van der Waals surface area contributed by atoms with Crippen molar-refractivity contribution in [1.29, 1.82) is 0 Å². The molecule has 0 unspecified atom stereocenters. The quantitative estimate of drug-likeness (QED) is 0.669. The van der Waals surface area contributed by atoms with Crippen molar-refractivity contribution in [2.45, 2.75) is 0 Å². The summed E-state index contributed by atoms with van der Waals surface area (Å²) in [7, 11) is 1.59. The lowest BCUT2D eigenvalue weighted by Gasteiger charge is -2.10. The van der Waals surface area contributed by atoms with E-state index < -0.39 is 0 Å². The van der Waals surface area contributed by atoms with Crippen LogP contribution in [0.3, 0.4) is 0 Å². The van der Waals surface area contributed by atoms with Gasteiger partial charge in [-0.1, -0.05) is 23.7 Å². The molecule has 5 nitrogen and oxygen atoms in total. The molecule has 1 N–H and O–H groups in total. The second-order valence-corrected chi connectivity index (χ2v) is 5.49. The average molecular weight is 355 g/mol. The molecule has 0 aliphatic carbocycles. The molecule has 1 heterocycles. The van der Waals surface area contributed by atoms with Gasteiger partial charge in [-0.15, -0.1) is 0 Å². The summed E-state index contributed by atoms with van der Waals surface area (Å²) >= 11 is 5.72. The van der Waals surface area contributed by atoms with E-state index in [2.05, 4.69) is 10.3 Å². The molecule has 0 aliphatic heterocycles. The lowest BCUT2D eigenvalue weighted by Crippen LogP contribution is -2.11. The molecule has 0 fully saturated rings. The Morgan fingerprint density at radius 3 is 2.36 bits per heavy atom. The highest BCUT2D eigenvalue weighted by molar-refractivity contribution is 6.29. The lowest BCUT2D eigenvalue weighted by atomic mass is 10.2. The van der Waals surface area contributed by atoms with Crippen molar-refractivity contribution in [2.75, 3.05) is 12.4 Å². The standard InChI is InChI=1S/C19H15ClN2O3/c1-24-16-4-2-3-5-17(16)25-15-9-7-14(8-10-15)22-19(23)13-6-11-18(20)21-12-13/h2-12H,1H3,(H,22,23). The maximum absolute atomic E-state index is 12.1. The molecule has 0 saturated carbocycles. The topological polar surface area (TPSA) is 60.5 Å². The van der Waals surface area contributed by atoms with Gasteiger partial charge >= 0.3 is 0 Å². The molecule has 0 atom stereocenters. The summed E-state index contributed by atoms with van der Waals surface area (Å²) in [5.41, 5.74) is 1.08. The van der Waals surface area contributed by atoms with E-state index in [4.69, 9.17) is 21.1 Å². The first kappa shape index (κ1) is 16.8. The molecular weight excluding hydrogens is 340 g/mol. The van der Waals surface area contributed by atoms with Gasteiger partial charge in [0.2, 0.25) is 0 Å². The van der Waals surface area contributed by atoms with Gasteiger partial charge in [0.15, 0.2) is 11.5 Å². The summed E-state index contributed by atoms with van der Waals surface area (Å²) in [5, 5.41) is 3.13. The van der Waals surface area contributed by atoms with Gasteiger partial charge in [0, 0.05) is 11.9 Å². The fourth-order valence-electron chi connectivity index (χ4n) is 2.15. The fourth-order valence-corrected chi connectivity index (χ4v) is 2.26. The maximum atomic E-state index is 12.1. The molecule has 25 heavy (non-hydrogen) atoms. The number of hydrogen-bond acceptors (Lipinski definition) is 4. The van der Waals surface area contributed by atoms with Gasteiger partial charge in [0.1, 0.15) is 10.9 Å². The van der Waals surface area contributed by atoms with Crippen LogP contribution < -0.4 is 14.8 Å². The highest BCUT2D eigenvalue weighted by atomic mass is 35.5. The number of aromatic nitrogens is 1. The van der Waals surface area contributed by atoms with E-state index in [-0.39, 0.29) is 5.91 Å². The van der Waals surface area contributed by atoms with Gasteiger partial charge < -0.3 is 14.8 Å². The van der Waals surface area contributed by atoms with Crippen LogP contribution in [-0.2, 0) is 0 Å². The van der Waals surface area contributed by atoms with E-state index in [0.717, 1.165) is 0 Å². The van der Waals surface area contributed by atoms with Crippen molar-refractivity contribution < 1.29 is 14.3 Å². The Bertz CT molecular complexity index is 865. The minimum absolute atomic E-state index is 0.262. The van der Waals surface area contributed by atoms with Crippen LogP contribution in [0.1, 0.15) is 10.4 Å².